The molecule has 5 rings (SSSR count). The average molecular weight is 591 g/mol. The number of amides is 4. The monoisotopic (exact) mass is 590 g/mol. The molecule has 9 nitrogen and oxygen atoms in total. The molecular weight excluding hydrogens is 562 g/mol. The van der Waals surface area contributed by atoms with Crippen LogP contribution in [0.5, 0.6) is 5.75 Å². The number of piperidine rings is 1. The van der Waals surface area contributed by atoms with E-state index in [1.165, 1.54) is 29.2 Å². The Morgan fingerprint density at radius 3 is 2.27 bits per heavy atom. The van der Waals surface area contributed by atoms with Crippen LogP contribution in [0.2, 0.25) is 10.0 Å². The van der Waals surface area contributed by atoms with Crippen LogP contribution in [0.25, 0.3) is 0 Å². The SMILES string of the molecule is CN(C(=O)Oc1ccc(F)cc1)C1CN(C(=O)C2CCN(C(=O)C3CC(=O)N3)CC2)CC1c1ccc(Cl)c(Cl)c1. The summed E-state index contributed by atoms with van der Waals surface area (Å²) >= 11 is 12.4. The third kappa shape index (κ3) is 5.88. The van der Waals surface area contributed by atoms with Crippen LogP contribution in [-0.2, 0) is 14.4 Å². The molecule has 0 radical (unpaired) electrons. The maximum absolute atomic E-state index is 13.6. The summed E-state index contributed by atoms with van der Waals surface area (Å²) in [5.74, 6) is -1.02. The highest BCUT2D eigenvalue weighted by atomic mass is 35.5. The molecule has 0 saturated carbocycles. The maximum atomic E-state index is 13.6. The van der Waals surface area contributed by atoms with E-state index in [9.17, 15) is 23.6 Å². The van der Waals surface area contributed by atoms with E-state index in [4.69, 9.17) is 27.9 Å². The van der Waals surface area contributed by atoms with Crippen molar-refractivity contribution in [2.75, 3.05) is 33.2 Å². The molecule has 3 unspecified atom stereocenters. The molecule has 0 spiro atoms. The van der Waals surface area contributed by atoms with Crippen LogP contribution in [0.3, 0.4) is 0 Å². The molecule has 3 saturated heterocycles. The van der Waals surface area contributed by atoms with E-state index in [2.05, 4.69) is 5.32 Å². The first-order valence-corrected chi connectivity index (χ1v) is 13.9. The van der Waals surface area contributed by atoms with Gasteiger partial charge in [-0.15, -0.1) is 0 Å². The van der Waals surface area contributed by atoms with Crippen LogP contribution in [0, 0.1) is 11.7 Å². The third-order valence-corrected chi connectivity index (χ3v) is 8.69. The van der Waals surface area contributed by atoms with Gasteiger partial charge in [-0.3, -0.25) is 14.4 Å². The predicted octanol–water partition coefficient (Wildman–Crippen LogP) is 3.68. The molecule has 3 aliphatic rings. The van der Waals surface area contributed by atoms with Crippen molar-refractivity contribution in [3.05, 3.63) is 63.9 Å². The number of ether oxygens (including phenoxy) is 1. The highest BCUT2D eigenvalue weighted by Crippen LogP contribution is 2.36. The van der Waals surface area contributed by atoms with E-state index < -0.39 is 24.0 Å². The van der Waals surface area contributed by atoms with Crippen LogP contribution in [0.1, 0.15) is 30.7 Å². The maximum Gasteiger partial charge on any atom is 0.415 e. The van der Waals surface area contributed by atoms with Crippen molar-refractivity contribution in [3.63, 3.8) is 0 Å². The van der Waals surface area contributed by atoms with E-state index in [0.29, 0.717) is 42.5 Å². The zero-order chi connectivity index (χ0) is 28.6. The first-order valence-electron chi connectivity index (χ1n) is 13.1. The molecule has 0 aromatic heterocycles. The van der Waals surface area contributed by atoms with Crippen molar-refractivity contribution in [1.82, 2.24) is 20.0 Å². The normalized spacial score (nSPS) is 22.9. The number of likely N-dealkylation sites (N-methyl/N-ethyl adjacent to an activating group) is 1. The highest BCUT2D eigenvalue weighted by Gasteiger charge is 2.43. The fourth-order valence-electron chi connectivity index (χ4n) is 5.57. The van der Waals surface area contributed by atoms with E-state index in [-0.39, 0.29) is 48.3 Å². The molecule has 2 aromatic carbocycles. The molecule has 212 valence electrons. The zero-order valence-electron chi connectivity index (χ0n) is 21.8. The third-order valence-electron chi connectivity index (χ3n) is 7.96. The minimum atomic E-state index is -0.633. The lowest BCUT2D eigenvalue weighted by atomic mass is 9.93. The Hall–Kier alpha value is -3.37. The van der Waals surface area contributed by atoms with E-state index >= 15 is 0 Å². The number of carbonyl (C=O) groups is 4. The summed E-state index contributed by atoms with van der Waals surface area (Å²) in [4.78, 5) is 55.4. The fraction of sp³-hybridized carbons (Fsp3) is 0.429. The first kappa shape index (κ1) is 28.2. The average Bonchev–Trinajstić information content (AvgIpc) is 3.38. The summed E-state index contributed by atoms with van der Waals surface area (Å²) in [6.45, 7) is 1.53. The zero-order valence-corrected chi connectivity index (χ0v) is 23.3. The summed E-state index contributed by atoms with van der Waals surface area (Å²) in [7, 11) is 1.61. The molecule has 0 bridgehead atoms. The molecule has 3 atom stereocenters. The number of nitrogens with one attached hydrogen (secondary N) is 1. The van der Waals surface area contributed by atoms with Crippen LogP contribution >= 0.6 is 23.2 Å². The summed E-state index contributed by atoms with van der Waals surface area (Å²) in [6, 6.07) is 9.55. The Balaban J connectivity index is 1.28. The Morgan fingerprint density at radius 1 is 0.975 bits per heavy atom. The van der Waals surface area contributed by atoms with Gasteiger partial charge < -0.3 is 24.8 Å². The van der Waals surface area contributed by atoms with Crippen LogP contribution in [-0.4, -0.2) is 83.8 Å². The van der Waals surface area contributed by atoms with Crippen molar-refractivity contribution in [1.29, 1.82) is 0 Å². The summed E-state index contributed by atoms with van der Waals surface area (Å²) in [5, 5.41) is 3.38. The second-order valence-electron chi connectivity index (χ2n) is 10.4. The van der Waals surface area contributed by atoms with Crippen molar-refractivity contribution in [3.8, 4) is 5.75 Å². The summed E-state index contributed by atoms with van der Waals surface area (Å²) in [6.07, 6.45) is 0.615. The molecule has 1 N–H and O–H groups in total. The smallest absolute Gasteiger partial charge is 0.410 e. The van der Waals surface area contributed by atoms with Crippen molar-refractivity contribution in [2.24, 2.45) is 5.92 Å². The van der Waals surface area contributed by atoms with Gasteiger partial charge in [0.1, 0.15) is 17.6 Å². The second-order valence-corrected chi connectivity index (χ2v) is 11.3. The lowest BCUT2D eigenvalue weighted by Crippen LogP contribution is -2.59. The number of hydrogen-bond donors (Lipinski definition) is 1. The molecule has 12 heteroatoms. The molecule has 3 heterocycles. The predicted molar refractivity (Wildman–Crippen MR) is 146 cm³/mol. The number of halogens is 3. The lowest BCUT2D eigenvalue weighted by Gasteiger charge is -2.37. The van der Waals surface area contributed by atoms with Gasteiger partial charge in [0.05, 0.1) is 22.5 Å². The molecule has 0 aliphatic carbocycles. The Bertz CT molecular complexity index is 1310. The van der Waals surface area contributed by atoms with Crippen LogP contribution in [0.4, 0.5) is 9.18 Å². The largest absolute Gasteiger partial charge is 0.415 e. The molecule has 3 fully saturated rings. The van der Waals surface area contributed by atoms with Gasteiger partial charge in [0, 0.05) is 45.1 Å². The van der Waals surface area contributed by atoms with Gasteiger partial charge in [-0.1, -0.05) is 29.3 Å². The molecule has 40 heavy (non-hydrogen) atoms. The number of nitrogens with zero attached hydrogens (tertiary/aromatic N) is 3. The minimum absolute atomic E-state index is 0.0306. The topological polar surface area (TPSA) is 99.3 Å². The van der Waals surface area contributed by atoms with Gasteiger partial charge in [0.15, 0.2) is 0 Å². The number of rotatable bonds is 5. The number of hydrogen-bond acceptors (Lipinski definition) is 5. The number of likely N-dealkylation sites (tertiary alicyclic amines) is 2. The molecule has 2 aromatic rings. The summed E-state index contributed by atoms with van der Waals surface area (Å²) in [5.41, 5.74) is 0.832. The number of β-lactam (4-membered cyclic amide) rings is 1. The van der Waals surface area contributed by atoms with Crippen molar-refractivity contribution in [2.45, 2.75) is 37.3 Å². The van der Waals surface area contributed by atoms with Crippen molar-refractivity contribution < 1.29 is 28.3 Å². The van der Waals surface area contributed by atoms with Crippen LogP contribution < -0.4 is 10.1 Å². The molecule has 4 amide bonds. The van der Waals surface area contributed by atoms with Gasteiger partial charge in [0.25, 0.3) is 0 Å². The summed E-state index contributed by atoms with van der Waals surface area (Å²) < 4.78 is 18.7. The standard InChI is InChI=1S/C28H29Cl2FN4O5/c1-33(28(39)40-19-5-3-18(31)4-6-19)24-15-35(14-20(24)17-2-7-21(29)22(30)12-17)26(37)16-8-10-34(11-9-16)27(38)23-13-25(36)32-23/h2-7,12,16,20,23-24H,8-11,13-15H2,1H3,(H,32,36). The van der Waals surface area contributed by atoms with Gasteiger partial charge in [-0.2, -0.15) is 0 Å². The molecular formula is C28H29Cl2FN4O5. The Kier molecular flexibility index (Phi) is 8.19. The lowest BCUT2D eigenvalue weighted by molar-refractivity contribution is -0.146. The van der Waals surface area contributed by atoms with Gasteiger partial charge in [0.2, 0.25) is 17.7 Å². The molecule has 3 aliphatic heterocycles. The van der Waals surface area contributed by atoms with Crippen LogP contribution in [0.15, 0.2) is 42.5 Å². The van der Waals surface area contributed by atoms with E-state index in [0.717, 1.165) is 5.56 Å². The second kappa shape index (κ2) is 11.6. The number of benzene rings is 2. The first-order chi connectivity index (χ1) is 19.1. The quantitative estimate of drug-likeness (QED) is 0.535. The van der Waals surface area contributed by atoms with E-state index in [1.54, 1.807) is 29.0 Å². The Morgan fingerprint density at radius 2 is 1.65 bits per heavy atom. The fourth-order valence-corrected chi connectivity index (χ4v) is 5.88. The van der Waals surface area contributed by atoms with Gasteiger partial charge in [-0.25, -0.2) is 9.18 Å². The number of carbonyl (C=O) groups excluding carboxylic acids is 4. The van der Waals surface area contributed by atoms with Gasteiger partial charge in [-0.05, 0) is 54.8 Å². The highest BCUT2D eigenvalue weighted by molar-refractivity contribution is 6.42. The van der Waals surface area contributed by atoms with E-state index in [1.807, 2.05) is 6.07 Å². The Labute approximate surface area is 241 Å². The van der Waals surface area contributed by atoms with Gasteiger partial charge >= 0.3 is 6.09 Å². The van der Waals surface area contributed by atoms with Crippen molar-refractivity contribution >= 4 is 47.0 Å². The minimum Gasteiger partial charge on any atom is -0.410 e.